The van der Waals surface area contributed by atoms with Crippen LogP contribution in [0.2, 0.25) is 0 Å². The Kier molecular flexibility index (Phi) is 11.4. The Balaban J connectivity index is 1.41. The highest BCUT2D eigenvalue weighted by Crippen LogP contribution is 2.43. The highest BCUT2D eigenvalue weighted by Gasteiger charge is 2.46. The second-order valence-corrected chi connectivity index (χ2v) is 16.1. The van der Waals surface area contributed by atoms with E-state index in [1.54, 1.807) is 32.0 Å². The molecular formula is C45H49NO10. The van der Waals surface area contributed by atoms with Gasteiger partial charge in [-0.25, -0.2) is 4.79 Å². The lowest BCUT2D eigenvalue weighted by molar-refractivity contribution is -0.170. The maximum atomic E-state index is 14.6. The van der Waals surface area contributed by atoms with Gasteiger partial charge in [0, 0.05) is 60.5 Å². The van der Waals surface area contributed by atoms with E-state index in [9.17, 15) is 39.9 Å². The molecule has 1 saturated carbocycles. The predicted molar refractivity (Wildman–Crippen MR) is 207 cm³/mol. The van der Waals surface area contributed by atoms with Crippen LogP contribution in [0.15, 0.2) is 66.2 Å². The summed E-state index contributed by atoms with van der Waals surface area (Å²) in [4.78, 5) is 40.8. The van der Waals surface area contributed by atoms with Gasteiger partial charge in [0.05, 0.1) is 31.2 Å². The van der Waals surface area contributed by atoms with E-state index in [4.69, 9.17) is 9.47 Å². The molecule has 3 aliphatic heterocycles. The summed E-state index contributed by atoms with van der Waals surface area (Å²) in [5, 5.41) is 58.8. The van der Waals surface area contributed by atoms with Gasteiger partial charge in [-0.1, -0.05) is 42.2 Å². The highest BCUT2D eigenvalue weighted by molar-refractivity contribution is 5.89. The van der Waals surface area contributed by atoms with Crippen molar-refractivity contribution in [3.63, 3.8) is 0 Å². The third kappa shape index (κ3) is 8.69. The number of fused-ring (bicyclic) bond motifs is 8. The van der Waals surface area contributed by atoms with Crippen molar-refractivity contribution in [1.82, 2.24) is 0 Å². The zero-order valence-corrected chi connectivity index (χ0v) is 31.7. The monoisotopic (exact) mass is 763 g/mol. The molecule has 294 valence electrons. The van der Waals surface area contributed by atoms with E-state index in [1.165, 1.54) is 12.1 Å². The molecule has 6 N–H and O–H groups in total. The Morgan fingerprint density at radius 3 is 2.50 bits per heavy atom. The summed E-state index contributed by atoms with van der Waals surface area (Å²) in [5.74, 6) is 3.16. The number of aliphatic hydroxyl groups excluding tert-OH is 3. The fourth-order valence-corrected chi connectivity index (χ4v) is 8.58. The normalized spacial score (nSPS) is 28.3. The van der Waals surface area contributed by atoms with Gasteiger partial charge < -0.3 is 40.3 Å². The van der Waals surface area contributed by atoms with Gasteiger partial charge >= 0.3 is 11.9 Å². The van der Waals surface area contributed by atoms with Crippen molar-refractivity contribution in [2.75, 3.05) is 11.9 Å². The van der Waals surface area contributed by atoms with Gasteiger partial charge in [-0.05, 0) is 97.5 Å². The molecule has 1 aliphatic carbocycles. The van der Waals surface area contributed by atoms with Crippen LogP contribution in [0.4, 0.5) is 5.69 Å². The third-order valence-electron chi connectivity index (χ3n) is 11.7. The van der Waals surface area contributed by atoms with E-state index in [0.717, 1.165) is 11.1 Å². The van der Waals surface area contributed by atoms with Crippen molar-refractivity contribution in [3.05, 3.63) is 99.6 Å². The summed E-state index contributed by atoms with van der Waals surface area (Å²) in [5.41, 5.74) is 2.92. The Bertz CT molecular complexity index is 2110. The molecule has 8 atom stereocenters. The number of anilines is 1. The number of hydrogen-bond acceptors (Lipinski definition) is 11. The first-order chi connectivity index (χ1) is 26.7. The van der Waals surface area contributed by atoms with Crippen molar-refractivity contribution in [1.29, 1.82) is 0 Å². The Labute approximate surface area is 326 Å². The van der Waals surface area contributed by atoms with Crippen molar-refractivity contribution in [3.8, 4) is 23.3 Å². The molecule has 0 radical (unpaired) electrons. The Morgan fingerprint density at radius 1 is 0.964 bits per heavy atom. The molecule has 11 nitrogen and oxygen atoms in total. The molecule has 4 aliphatic rings. The minimum Gasteiger partial charge on any atom is -0.508 e. The van der Waals surface area contributed by atoms with E-state index in [0.29, 0.717) is 47.2 Å². The first-order valence-electron chi connectivity index (χ1n) is 19.4. The molecule has 8 bridgehead atoms. The predicted octanol–water partition coefficient (Wildman–Crippen LogP) is 4.54. The van der Waals surface area contributed by atoms with Crippen LogP contribution in [-0.2, 0) is 45.0 Å². The van der Waals surface area contributed by atoms with Crippen LogP contribution in [0.1, 0.15) is 91.2 Å². The van der Waals surface area contributed by atoms with Crippen LogP contribution >= 0.6 is 0 Å². The summed E-state index contributed by atoms with van der Waals surface area (Å²) >= 11 is 0. The quantitative estimate of drug-likeness (QED) is 0.122. The number of nitrogens with one attached hydrogen (secondary N) is 1. The number of Topliss-reactive ketones (excluding diaryl/α,β-unsaturated/α-hetero) is 1. The van der Waals surface area contributed by atoms with Crippen LogP contribution in [-0.4, -0.2) is 73.7 Å². The van der Waals surface area contributed by atoms with Gasteiger partial charge in [-0.15, -0.1) is 0 Å². The van der Waals surface area contributed by atoms with Crippen LogP contribution < -0.4 is 10.1 Å². The fraction of sp³-hybridized carbons (Fsp3) is 0.444. The van der Waals surface area contributed by atoms with Gasteiger partial charge in [0.25, 0.3) is 0 Å². The van der Waals surface area contributed by atoms with Crippen molar-refractivity contribution in [2.24, 2.45) is 11.8 Å². The second-order valence-electron chi connectivity index (χ2n) is 16.1. The number of phenolic OH excluding ortho intramolecular Hbond substituents is 1. The molecule has 3 aromatic carbocycles. The summed E-state index contributed by atoms with van der Waals surface area (Å²) in [6.07, 6.45) is -0.0981. The number of ketones is 1. The molecule has 56 heavy (non-hydrogen) atoms. The lowest BCUT2D eigenvalue weighted by Gasteiger charge is -2.42. The first kappa shape index (κ1) is 39.3. The molecule has 0 aromatic heterocycles. The number of benzene rings is 3. The first-order valence-corrected chi connectivity index (χ1v) is 19.4. The summed E-state index contributed by atoms with van der Waals surface area (Å²) in [7, 11) is 0. The van der Waals surface area contributed by atoms with Gasteiger partial charge in [0.2, 0.25) is 0 Å². The lowest BCUT2D eigenvalue weighted by Crippen LogP contribution is -2.52. The van der Waals surface area contributed by atoms with Gasteiger partial charge in [-0.2, -0.15) is 0 Å². The van der Waals surface area contributed by atoms with Crippen molar-refractivity contribution in [2.45, 2.75) is 108 Å². The van der Waals surface area contributed by atoms with Crippen molar-refractivity contribution < 1.29 is 49.4 Å². The molecule has 0 amide bonds. The molecule has 1 fully saturated rings. The highest BCUT2D eigenvalue weighted by atomic mass is 16.6. The van der Waals surface area contributed by atoms with Crippen LogP contribution in [0, 0.1) is 23.7 Å². The molecule has 7 rings (SSSR count). The zero-order valence-electron chi connectivity index (χ0n) is 31.7. The Hall–Kier alpha value is -4.99. The number of rotatable bonds is 5. The molecule has 8 unspecified atom stereocenters. The maximum Gasteiger partial charge on any atom is 0.334 e. The average Bonchev–Trinajstić information content (AvgIpc) is 3.16. The SMILES string of the molecule is CC(O)CNc1cc(CO)cc(C2C#CC3CC(=O)Oc4cc(O)c(cc43)CC3OC(=O)C(=CC(O)Cc4cccc(c4)CC4CC(CCC4=O)C3(C)O)C2)c1. The number of hydrogen-bond donors (Lipinski definition) is 6. The standard InChI is InChI=1S/C45H49NO10/c1-25(48)23-46-36-13-28(24-47)12-31(17-36)29-6-7-30-21-43(52)55-41-22-40(51)33(19-38(30)41)20-42-45(2,54)35-8-9-39(50)32(16-35)11-26-4-3-5-27(10-26)14-37(49)18-34(15-29)44(53)56-42/h3-5,10,12-13,17-19,22,25,29-30,32,35,37,42,46-49,51,54H,8-9,11,14-16,20-21,23-24H2,1-2H3. The number of aromatic hydroxyl groups is 1. The molecule has 11 heteroatoms. The van der Waals surface area contributed by atoms with E-state index in [-0.39, 0.29) is 74.0 Å². The number of carbonyl (C=O) groups excluding carboxylic acids is 3. The van der Waals surface area contributed by atoms with E-state index >= 15 is 0 Å². The minimum atomic E-state index is -1.66. The van der Waals surface area contributed by atoms with Gasteiger partial charge in [-0.3, -0.25) is 9.59 Å². The summed E-state index contributed by atoms with van der Waals surface area (Å²) < 4.78 is 11.9. The largest absolute Gasteiger partial charge is 0.508 e. The molecule has 3 heterocycles. The van der Waals surface area contributed by atoms with Crippen molar-refractivity contribution >= 4 is 23.4 Å². The van der Waals surface area contributed by atoms with E-state index < -0.39 is 53.6 Å². The molecule has 0 spiro atoms. The minimum absolute atomic E-state index is 0.0462. The van der Waals surface area contributed by atoms with E-state index in [2.05, 4.69) is 17.2 Å². The summed E-state index contributed by atoms with van der Waals surface area (Å²) in [6.45, 7) is 3.21. The van der Waals surface area contributed by atoms with Crippen LogP contribution in [0.25, 0.3) is 0 Å². The third-order valence-corrected chi connectivity index (χ3v) is 11.7. The topological polar surface area (TPSA) is 183 Å². The fourth-order valence-electron chi connectivity index (χ4n) is 8.58. The number of esters is 2. The maximum absolute atomic E-state index is 14.6. The molecule has 3 aromatic rings. The number of carbonyl (C=O) groups is 3. The second kappa shape index (κ2) is 16.2. The number of phenols is 1. The molecule has 0 saturated heterocycles. The van der Waals surface area contributed by atoms with Crippen LogP contribution in [0.3, 0.4) is 0 Å². The van der Waals surface area contributed by atoms with Gasteiger partial charge in [0.15, 0.2) is 0 Å². The van der Waals surface area contributed by atoms with E-state index in [1.807, 2.05) is 30.3 Å². The smallest absolute Gasteiger partial charge is 0.334 e. The van der Waals surface area contributed by atoms with Crippen LogP contribution in [0.5, 0.6) is 11.5 Å². The average molecular weight is 764 g/mol. The summed E-state index contributed by atoms with van der Waals surface area (Å²) in [6, 6.07) is 16.1. The lowest BCUT2D eigenvalue weighted by atomic mass is 9.68. The zero-order chi connectivity index (χ0) is 39.7. The van der Waals surface area contributed by atoms with Gasteiger partial charge in [0.1, 0.15) is 29.0 Å². The number of aliphatic hydroxyl groups is 4. The Morgan fingerprint density at radius 2 is 1.73 bits per heavy atom. The molecular weight excluding hydrogens is 714 g/mol. The number of ether oxygens (including phenoxy) is 2.